The fraction of sp³-hybridized carbons (Fsp3) is 0.391. The van der Waals surface area contributed by atoms with E-state index >= 15 is 0 Å². The van der Waals surface area contributed by atoms with Crippen LogP contribution in [0.2, 0.25) is 0 Å². The number of hydrogen-bond donors (Lipinski definition) is 0. The number of thiazole rings is 1. The van der Waals surface area contributed by atoms with Crippen LogP contribution >= 0.6 is 11.3 Å². The van der Waals surface area contributed by atoms with Crippen LogP contribution in [0.3, 0.4) is 0 Å². The lowest BCUT2D eigenvalue weighted by Crippen LogP contribution is -2.39. The summed E-state index contributed by atoms with van der Waals surface area (Å²) in [5.41, 5.74) is 5.16. The lowest BCUT2D eigenvalue weighted by atomic mass is 10.1. The molecule has 0 aliphatic rings. The number of nitrogens with zero attached hydrogens (tertiary/aromatic N) is 3. The van der Waals surface area contributed by atoms with Crippen LogP contribution in [0.15, 0.2) is 36.4 Å². The molecule has 0 aliphatic carbocycles. The number of carbonyl (C=O) groups is 1. The molecule has 0 radical (unpaired) electrons. The summed E-state index contributed by atoms with van der Waals surface area (Å²) in [7, 11) is 0. The first-order chi connectivity index (χ1) is 13.5. The van der Waals surface area contributed by atoms with Gasteiger partial charge in [-0.3, -0.25) is 9.69 Å². The maximum atomic E-state index is 13.5. The molecule has 0 saturated heterocycles. The summed E-state index contributed by atoms with van der Waals surface area (Å²) >= 11 is 1.60. The lowest BCUT2D eigenvalue weighted by molar-refractivity contribution is 0.0983. The minimum absolute atomic E-state index is 0.0266. The summed E-state index contributed by atoms with van der Waals surface area (Å²) in [5.74, 6) is 0.0266. The van der Waals surface area contributed by atoms with Crippen LogP contribution in [-0.2, 0) is 0 Å². The molecule has 1 amide bonds. The molecule has 0 fully saturated rings. The Bertz CT molecular complexity index is 975. The van der Waals surface area contributed by atoms with Crippen molar-refractivity contribution >= 4 is 32.6 Å². The van der Waals surface area contributed by atoms with Gasteiger partial charge in [-0.1, -0.05) is 49.4 Å². The van der Waals surface area contributed by atoms with Crippen molar-refractivity contribution in [2.24, 2.45) is 0 Å². The number of fused-ring (bicyclic) bond motifs is 1. The summed E-state index contributed by atoms with van der Waals surface area (Å²) in [6, 6.07) is 12.0. The molecule has 4 nitrogen and oxygen atoms in total. The first-order valence-electron chi connectivity index (χ1n) is 9.92. The van der Waals surface area contributed by atoms with E-state index in [1.165, 1.54) is 11.1 Å². The van der Waals surface area contributed by atoms with Crippen molar-refractivity contribution in [3.05, 3.63) is 58.7 Å². The zero-order chi connectivity index (χ0) is 20.3. The van der Waals surface area contributed by atoms with Gasteiger partial charge in [-0.25, -0.2) is 4.98 Å². The number of hydrogen-bond acceptors (Lipinski definition) is 4. The van der Waals surface area contributed by atoms with E-state index in [2.05, 4.69) is 44.7 Å². The second-order valence-corrected chi connectivity index (χ2v) is 8.16. The third-order valence-electron chi connectivity index (χ3n) is 5.46. The topological polar surface area (TPSA) is 36.4 Å². The van der Waals surface area contributed by atoms with Crippen LogP contribution in [-0.4, -0.2) is 42.0 Å². The average Bonchev–Trinajstić information content (AvgIpc) is 3.13. The second-order valence-electron chi connectivity index (χ2n) is 7.15. The first kappa shape index (κ1) is 20.5. The van der Waals surface area contributed by atoms with E-state index in [1.807, 2.05) is 36.1 Å². The molecule has 0 saturated carbocycles. The molecule has 148 valence electrons. The molecular weight excluding hydrogens is 366 g/mol. The van der Waals surface area contributed by atoms with Gasteiger partial charge in [0, 0.05) is 18.7 Å². The Morgan fingerprint density at radius 1 is 0.964 bits per heavy atom. The van der Waals surface area contributed by atoms with Crippen LogP contribution in [0.4, 0.5) is 5.13 Å². The van der Waals surface area contributed by atoms with E-state index < -0.39 is 0 Å². The van der Waals surface area contributed by atoms with Gasteiger partial charge in [-0.05, 0) is 62.7 Å². The molecule has 5 heteroatoms. The number of aryl methyl sites for hydroxylation is 3. The SMILES string of the molecule is CCN(CC)CCN(C(=O)c1ccccc1C)c1nc2c(C)c(C)ccc2s1. The van der Waals surface area contributed by atoms with Crippen molar-refractivity contribution in [2.75, 3.05) is 31.1 Å². The van der Waals surface area contributed by atoms with Crippen molar-refractivity contribution in [1.82, 2.24) is 9.88 Å². The number of amides is 1. The normalized spacial score (nSPS) is 11.4. The molecule has 0 aliphatic heterocycles. The third-order valence-corrected chi connectivity index (χ3v) is 6.50. The van der Waals surface area contributed by atoms with Gasteiger partial charge in [0.1, 0.15) is 0 Å². The molecule has 28 heavy (non-hydrogen) atoms. The van der Waals surface area contributed by atoms with Crippen LogP contribution in [0.5, 0.6) is 0 Å². The zero-order valence-electron chi connectivity index (χ0n) is 17.5. The summed E-state index contributed by atoms with van der Waals surface area (Å²) < 4.78 is 1.13. The number of anilines is 1. The number of rotatable bonds is 7. The summed E-state index contributed by atoms with van der Waals surface area (Å²) in [5, 5.41) is 0.782. The molecule has 0 atom stereocenters. The van der Waals surface area contributed by atoms with Crippen molar-refractivity contribution in [1.29, 1.82) is 0 Å². The van der Waals surface area contributed by atoms with Gasteiger partial charge in [-0.2, -0.15) is 0 Å². The lowest BCUT2D eigenvalue weighted by Gasteiger charge is -2.25. The van der Waals surface area contributed by atoms with E-state index in [1.54, 1.807) is 11.3 Å². The van der Waals surface area contributed by atoms with Crippen LogP contribution < -0.4 is 4.90 Å². The van der Waals surface area contributed by atoms with Gasteiger partial charge in [0.2, 0.25) is 0 Å². The fourth-order valence-corrected chi connectivity index (χ4v) is 4.40. The minimum atomic E-state index is 0.0266. The molecular formula is C23H29N3OS. The van der Waals surface area contributed by atoms with E-state index in [9.17, 15) is 4.79 Å². The molecule has 3 rings (SSSR count). The predicted molar refractivity (Wildman–Crippen MR) is 120 cm³/mol. The largest absolute Gasteiger partial charge is 0.302 e. The van der Waals surface area contributed by atoms with Gasteiger partial charge in [0.15, 0.2) is 5.13 Å². The van der Waals surface area contributed by atoms with Gasteiger partial charge in [-0.15, -0.1) is 0 Å². The van der Waals surface area contributed by atoms with E-state index in [0.717, 1.165) is 46.1 Å². The highest BCUT2D eigenvalue weighted by Gasteiger charge is 2.23. The monoisotopic (exact) mass is 395 g/mol. The Morgan fingerprint density at radius 2 is 1.68 bits per heavy atom. The van der Waals surface area contributed by atoms with Gasteiger partial charge >= 0.3 is 0 Å². The number of aromatic nitrogens is 1. The molecule has 3 aromatic rings. The van der Waals surface area contributed by atoms with Crippen molar-refractivity contribution < 1.29 is 4.79 Å². The molecule has 2 aromatic carbocycles. The van der Waals surface area contributed by atoms with Gasteiger partial charge in [0.05, 0.1) is 10.2 Å². The smallest absolute Gasteiger partial charge is 0.260 e. The average molecular weight is 396 g/mol. The highest BCUT2D eigenvalue weighted by Crippen LogP contribution is 2.32. The van der Waals surface area contributed by atoms with Gasteiger partial charge in [0.25, 0.3) is 5.91 Å². The minimum Gasteiger partial charge on any atom is -0.302 e. The Balaban J connectivity index is 2.02. The second kappa shape index (κ2) is 8.84. The van der Waals surface area contributed by atoms with Gasteiger partial charge < -0.3 is 4.90 Å². The Morgan fingerprint density at radius 3 is 2.36 bits per heavy atom. The third kappa shape index (κ3) is 4.10. The number of likely N-dealkylation sites (N-methyl/N-ethyl adjacent to an activating group) is 1. The molecule has 0 unspecified atom stereocenters. The Kier molecular flexibility index (Phi) is 6.47. The van der Waals surface area contributed by atoms with E-state index in [4.69, 9.17) is 4.98 Å². The highest BCUT2D eigenvalue weighted by molar-refractivity contribution is 7.22. The van der Waals surface area contributed by atoms with E-state index in [-0.39, 0.29) is 5.91 Å². The molecule has 1 heterocycles. The highest BCUT2D eigenvalue weighted by atomic mass is 32.1. The summed E-state index contributed by atoms with van der Waals surface area (Å²) in [4.78, 5) is 22.5. The zero-order valence-corrected chi connectivity index (χ0v) is 18.3. The van der Waals surface area contributed by atoms with E-state index in [0.29, 0.717) is 6.54 Å². The fourth-order valence-electron chi connectivity index (χ4n) is 3.35. The molecule has 0 bridgehead atoms. The maximum Gasteiger partial charge on any atom is 0.260 e. The number of carbonyl (C=O) groups excluding carboxylic acids is 1. The maximum absolute atomic E-state index is 13.5. The van der Waals surface area contributed by atoms with Crippen LogP contribution in [0.25, 0.3) is 10.2 Å². The predicted octanol–water partition coefficient (Wildman–Crippen LogP) is 5.21. The summed E-state index contributed by atoms with van der Waals surface area (Å²) in [6.45, 7) is 13.9. The Labute approximate surface area is 171 Å². The molecule has 0 N–H and O–H groups in total. The van der Waals surface area contributed by atoms with Crippen LogP contribution in [0.1, 0.15) is 40.9 Å². The van der Waals surface area contributed by atoms with Crippen LogP contribution in [0, 0.1) is 20.8 Å². The number of benzene rings is 2. The molecule has 0 spiro atoms. The Hall–Kier alpha value is -2.24. The first-order valence-corrected chi connectivity index (χ1v) is 10.7. The summed E-state index contributed by atoms with van der Waals surface area (Å²) in [6.07, 6.45) is 0. The quantitative estimate of drug-likeness (QED) is 0.551. The van der Waals surface area contributed by atoms with Crippen molar-refractivity contribution in [3.8, 4) is 0 Å². The van der Waals surface area contributed by atoms with Crippen molar-refractivity contribution in [2.45, 2.75) is 34.6 Å². The molecule has 1 aromatic heterocycles. The standard InChI is InChI=1S/C23H29N3OS/c1-6-25(7-2)14-15-26(22(27)19-11-9-8-10-17(19)4)23-24-21-18(5)16(3)12-13-20(21)28-23/h8-13H,6-7,14-15H2,1-5H3. The van der Waals surface area contributed by atoms with Crippen molar-refractivity contribution in [3.63, 3.8) is 0 Å².